The Bertz CT molecular complexity index is 1230. The first-order valence-electron chi connectivity index (χ1n) is 14.7. The molecule has 2 fully saturated rings. The summed E-state index contributed by atoms with van der Waals surface area (Å²) in [6.07, 6.45) is -0.449. The maximum atomic E-state index is 14.1. The van der Waals surface area contributed by atoms with Gasteiger partial charge in [0, 0.05) is 70.5 Å². The van der Waals surface area contributed by atoms with Crippen molar-refractivity contribution in [1.29, 1.82) is 0 Å². The molecule has 0 spiro atoms. The Hall–Kier alpha value is -3.41. The zero-order chi connectivity index (χ0) is 33.1. The van der Waals surface area contributed by atoms with Crippen molar-refractivity contribution in [2.45, 2.75) is 57.3 Å². The number of carbonyl (C=O) groups excluding carboxylic acids is 5. The molecule has 3 amide bonds. The number of nitro groups is 1. The number of rotatable bonds is 12. The highest BCUT2D eigenvalue weighted by atomic mass is 32.2. The largest absolute Gasteiger partial charge is 0.445 e. The molecule has 0 aliphatic carbocycles. The number of likely N-dealkylation sites (N-methyl/N-ethyl adjacent to an activating group) is 1. The summed E-state index contributed by atoms with van der Waals surface area (Å²) in [7, 11) is 0. The first-order valence-corrected chi connectivity index (χ1v) is 16.6. The molecular weight excluding hydrogens is 628 g/mol. The van der Waals surface area contributed by atoms with Gasteiger partial charge in [-0.3, -0.25) is 34.3 Å². The third-order valence-corrected chi connectivity index (χ3v) is 9.32. The van der Waals surface area contributed by atoms with Gasteiger partial charge in [-0.05, 0) is 36.8 Å². The number of nitro benzene ring substituents is 1. The van der Waals surface area contributed by atoms with Crippen LogP contribution in [0.3, 0.4) is 0 Å². The van der Waals surface area contributed by atoms with Crippen LogP contribution < -0.4 is 5.32 Å². The molecule has 0 bridgehead atoms. The van der Waals surface area contributed by atoms with Crippen molar-refractivity contribution in [2.75, 3.05) is 51.6 Å². The summed E-state index contributed by atoms with van der Waals surface area (Å²) in [6, 6.07) is 4.83. The van der Waals surface area contributed by atoms with E-state index in [4.69, 9.17) is 9.57 Å². The molecule has 17 heteroatoms. The normalized spacial score (nSPS) is 19.0. The first kappa shape index (κ1) is 36.1. The predicted molar refractivity (Wildman–Crippen MR) is 168 cm³/mol. The minimum Gasteiger partial charge on any atom is -0.445 e. The highest BCUT2D eigenvalue weighted by Crippen LogP contribution is 2.35. The van der Waals surface area contributed by atoms with E-state index in [1.807, 2.05) is 18.9 Å². The predicted octanol–water partition coefficient (Wildman–Crippen LogP) is 2.05. The maximum Gasteiger partial charge on any atom is 0.410 e. The van der Waals surface area contributed by atoms with Crippen LogP contribution in [0.4, 0.5) is 10.5 Å². The molecule has 3 atom stereocenters. The van der Waals surface area contributed by atoms with E-state index in [2.05, 4.69) is 5.32 Å². The first-order chi connectivity index (χ1) is 21.4. The molecule has 3 rings (SSSR count). The minimum absolute atomic E-state index is 0.0995. The number of hydrazine groups is 1. The Balaban J connectivity index is 1.82. The number of nitrogens with one attached hydrogen (secondary N) is 1. The molecule has 2 aliphatic heterocycles. The van der Waals surface area contributed by atoms with Gasteiger partial charge in [0.15, 0.2) is 5.12 Å². The van der Waals surface area contributed by atoms with E-state index in [1.54, 1.807) is 0 Å². The van der Waals surface area contributed by atoms with Gasteiger partial charge >= 0.3 is 12.1 Å². The lowest BCUT2D eigenvalue weighted by atomic mass is 10.1. The van der Waals surface area contributed by atoms with Crippen LogP contribution in [0.15, 0.2) is 24.3 Å². The smallest absolute Gasteiger partial charge is 0.410 e. The summed E-state index contributed by atoms with van der Waals surface area (Å²) < 4.78 is 5.54. The van der Waals surface area contributed by atoms with Gasteiger partial charge in [0.05, 0.1) is 11.0 Å². The monoisotopic (exact) mass is 668 g/mol. The standard InChI is InChI=1S/C28H40N6O9S2/c1-5-32(30-13-11-29-12-14-30)25(37)17-33(43-19(3)35)27(38)26(44-6-2)24-15-23(45-20(4)36)16-31(24)28(39)42-18-21-7-9-22(10-8-21)34(40)41/h7-10,23-24,26,29H,5-6,11-18H2,1-4H3. The van der Waals surface area contributed by atoms with Gasteiger partial charge in [-0.1, -0.05) is 18.7 Å². The van der Waals surface area contributed by atoms with Crippen molar-refractivity contribution < 1.29 is 38.5 Å². The van der Waals surface area contributed by atoms with E-state index < -0.39 is 46.6 Å². The molecule has 1 aromatic carbocycles. The lowest BCUT2D eigenvalue weighted by Gasteiger charge is -2.38. The number of carbonyl (C=O) groups is 5. The van der Waals surface area contributed by atoms with Gasteiger partial charge in [-0.2, -0.15) is 5.06 Å². The lowest BCUT2D eigenvalue weighted by Crippen LogP contribution is -2.57. The van der Waals surface area contributed by atoms with Gasteiger partial charge in [0.25, 0.3) is 17.5 Å². The number of thioether (sulfide) groups is 2. The highest BCUT2D eigenvalue weighted by Gasteiger charge is 2.46. The van der Waals surface area contributed by atoms with Crippen LogP contribution in [0.1, 0.15) is 39.7 Å². The Morgan fingerprint density at radius 3 is 2.33 bits per heavy atom. The molecule has 2 aliphatic rings. The zero-order valence-corrected chi connectivity index (χ0v) is 27.5. The van der Waals surface area contributed by atoms with Crippen LogP contribution in [0.5, 0.6) is 0 Å². The van der Waals surface area contributed by atoms with Crippen LogP contribution in [0, 0.1) is 10.1 Å². The van der Waals surface area contributed by atoms with Crippen LogP contribution in [-0.2, 0) is 35.4 Å². The molecule has 1 aromatic rings. The summed E-state index contributed by atoms with van der Waals surface area (Å²) in [4.78, 5) is 82.0. The van der Waals surface area contributed by atoms with Gasteiger partial charge in [-0.15, -0.1) is 11.8 Å². The van der Waals surface area contributed by atoms with E-state index in [0.29, 0.717) is 44.0 Å². The molecule has 0 saturated carbocycles. The molecule has 15 nitrogen and oxygen atoms in total. The number of benzene rings is 1. The van der Waals surface area contributed by atoms with Crippen molar-refractivity contribution >= 4 is 58.2 Å². The van der Waals surface area contributed by atoms with E-state index in [0.717, 1.165) is 23.7 Å². The van der Waals surface area contributed by atoms with Gasteiger partial charge in [0.1, 0.15) is 18.4 Å². The Labute approximate surface area is 270 Å². The van der Waals surface area contributed by atoms with Gasteiger partial charge in [-0.25, -0.2) is 9.80 Å². The van der Waals surface area contributed by atoms with E-state index >= 15 is 0 Å². The number of ether oxygens (including phenoxy) is 1. The number of nitrogens with zero attached hydrogens (tertiary/aromatic N) is 5. The average Bonchev–Trinajstić information content (AvgIpc) is 3.41. The Morgan fingerprint density at radius 2 is 1.78 bits per heavy atom. The minimum atomic E-state index is -0.944. The lowest BCUT2D eigenvalue weighted by molar-refractivity contribution is -0.384. The SMILES string of the molecule is CCSC(C(=O)N(CC(=O)N(CC)N1CCNCC1)OC(C)=O)C1CC(SC(C)=O)CN1C(=O)OCc1ccc([N+](=O)[O-])cc1. The van der Waals surface area contributed by atoms with Crippen LogP contribution in [0.25, 0.3) is 0 Å². The molecule has 0 aromatic heterocycles. The fourth-order valence-electron chi connectivity index (χ4n) is 5.20. The molecule has 3 unspecified atom stereocenters. The number of non-ortho nitro benzene ring substituents is 1. The number of hydrogen-bond acceptors (Lipinski definition) is 13. The fourth-order valence-corrected chi connectivity index (χ4v) is 7.29. The van der Waals surface area contributed by atoms with Gasteiger partial charge in [0.2, 0.25) is 0 Å². The highest BCUT2D eigenvalue weighted by molar-refractivity contribution is 8.14. The third kappa shape index (κ3) is 10.3. The number of hydroxylamine groups is 2. The number of hydrogen-bond donors (Lipinski definition) is 1. The van der Waals surface area contributed by atoms with Crippen molar-refractivity contribution in [2.24, 2.45) is 0 Å². The third-order valence-electron chi connectivity index (χ3n) is 7.11. The molecule has 1 N–H and O–H groups in total. The van der Waals surface area contributed by atoms with E-state index in [1.165, 1.54) is 52.9 Å². The second-order valence-electron chi connectivity index (χ2n) is 10.3. The Morgan fingerprint density at radius 1 is 1.11 bits per heavy atom. The van der Waals surface area contributed by atoms with Crippen LogP contribution >= 0.6 is 23.5 Å². The molecule has 2 heterocycles. The van der Waals surface area contributed by atoms with Crippen molar-refractivity contribution in [3.05, 3.63) is 39.9 Å². The zero-order valence-electron chi connectivity index (χ0n) is 25.8. The van der Waals surface area contributed by atoms with E-state index in [9.17, 15) is 34.1 Å². The van der Waals surface area contributed by atoms with Crippen molar-refractivity contribution in [3.8, 4) is 0 Å². The number of amides is 3. The summed E-state index contributed by atoms with van der Waals surface area (Å²) >= 11 is 2.30. The molecule has 2 saturated heterocycles. The van der Waals surface area contributed by atoms with Crippen molar-refractivity contribution in [3.63, 3.8) is 0 Å². The molecular formula is C28H40N6O9S2. The Kier molecular flexibility index (Phi) is 13.9. The van der Waals surface area contributed by atoms with Gasteiger partial charge < -0.3 is 19.8 Å². The second kappa shape index (κ2) is 17.3. The maximum absolute atomic E-state index is 14.1. The quantitative estimate of drug-likeness (QED) is 0.254. The number of likely N-dealkylation sites (tertiary alicyclic amines) is 1. The van der Waals surface area contributed by atoms with Crippen molar-refractivity contribution in [1.82, 2.24) is 25.3 Å². The number of piperazine rings is 1. The molecule has 0 radical (unpaired) electrons. The molecule has 45 heavy (non-hydrogen) atoms. The summed E-state index contributed by atoms with van der Waals surface area (Å²) in [6.45, 7) is 8.61. The summed E-state index contributed by atoms with van der Waals surface area (Å²) in [5.74, 6) is -1.40. The van der Waals surface area contributed by atoms with E-state index in [-0.39, 0.29) is 35.6 Å². The van der Waals surface area contributed by atoms with Crippen LogP contribution in [0.2, 0.25) is 0 Å². The second-order valence-corrected chi connectivity index (χ2v) is 13.2. The topological polar surface area (TPSA) is 172 Å². The molecule has 248 valence electrons. The summed E-state index contributed by atoms with van der Waals surface area (Å²) in [5, 5.41) is 17.0. The van der Waals surface area contributed by atoms with Crippen LogP contribution in [-0.4, -0.2) is 122 Å². The fraction of sp³-hybridized carbons (Fsp3) is 0.607. The summed E-state index contributed by atoms with van der Waals surface area (Å²) in [5.41, 5.74) is 0.428. The average molecular weight is 669 g/mol.